The first-order chi connectivity index (χ1) is 10.4. The number of nitrogens with zero attached hydrogens (tertiary/aromatic N) is 1. The van der Waals surface area contributed by atoms with Crippen LogP contribution in [0.4, 0.5) is 13.2 Å². The lowest BCUT2D eigenvalue weighted by atomic mass is 10.0. The van der Waals surface area contributed by atoms with Crippen molar-refractivity contribution in [3.05, 3.63) is 35.4 Å². The highest BCUT2D eigenvalue weighted by Crippen LogP contribution is 2.49. The van der Waals surface area contributed by atoms with E-state index in [1.165, 1.54) is 12.1 Å². The molecular formula is C16H18F3NO2. The molecule has 0 aromatic heterocycles. The van der Waals surface area contributed by atoms with Crippen LogP contribution in [0.15, 0.2) is 24.3 Å². The molecule has 1 aromatic rings. The number of likely N-dealkylation sites (tertiary alicyclic amines) is 1. The zero-order chi connectivity index (χ0) is 15.9. The third-order valence-corrected chi connectivity index (χ3v) is 4.55. The number of alkyl halides is 3. The Morgan fingerprint density at radius 3 is 2.27 bits per heavy atom. The molecule has 2 atom stereocenters. The number of piperidine rings is 1. The van der Waals surface area contributed by atoms with E-state index in [2.05, 4.69) is 0 Å². The summed E-state index contributed by atoms with van der Waals surface area (Å²) in [6.45, 7) is 1.13. The molecule has 1 N–H and O–H groups in total. The van der Waals surface area contributed by atoms with E-state index in [1.54, 1.807) is 4.90 Å². The maximum Gasteiger partial charge on any atom is 0.416 e. The van der Waals surface area contributed by atoms with Gasteiger partial charge in [-0.05, 0) is 42.9 Å². The number of aliphatic hydroxyl groups is 1. The number of carbonyl (C=O) groups is 1. The number of rotatable bonds is 2. The van der Waals surface area contributed by atoms with Gasteiger partial charge in [-0.3, -0.25) is 4.79 Å². The normalized spacial score (nSPS) is 26.1. The lowest BCUT2D eigenvalue weighted by Crippen LogP contribution is -2.41. The fraction of sp³-hybridized carbons (Fsp3) is 0.562. The van der Waals surface area contributed by atoms with Crippen LogP contribution in [0.2, 0.25) is 0 Å². The van der Waals surface area contributed by atoms with Crippen LogP contribution in [-0.2, 0) is 11.0 Å². The Hall–Kier alpha value is -1.56. The van der Waals surface area contributed by atoms with E-state index >= 15 is 0 Å². The fourth-order valence-corrected chi connectivity index (χ4v) is 3.08. The van der Waals surface area contributed by atoms with E-state index < -0.39 is 11.7 Å². The van der Waals surface area contributed by atoms with Gasteiger partial charge in [-0.15, -0.1) is 0 Å². The Balaban J connectivity index is 1.61. The summed E-state index contributed by atoms with van der Waals surface area (Å²) in [7, 11) is 0. The zero-order valence-corrected chi connectivity index (χ0v) is 12.0. The van der Waals surface area contributed by atoms with E-state index in [0.29, 0.717) is 32.4 Å². The van der Waals surface area contributed by atoms with Gasteiger partial charge in [0.05, 0.1) is 11.7 Å². The molecule has 0 radical (unpaired) electrons. The number of halogens is 3. The number of benzene rings is 1. The van der Waals surface area contributed by atoms with E-state index in [0.717, 1.165) is 17.7 Å². The maximum atomic E-state index is 12.5. The summed E-state index contributed by atoms with van der Waals surface area (Å²) in [5, 5.41) is 9.45. The molecule has 3 nitrogen and oxygen atoms in total. The third kappa shape index (κ3) is 3.11. The molecule has 1 amide bonds. The summed E-state index contributed by atoms with van der Waals surface area (Å²) in [6, 6.07) is 5.10. The van der Waals surface area contributed by atoms with Gasteiger partial charge in [0, 0.05) is 19.0 Å². The smallest absolute Gasteiger partial charge is 0.393 e. The van der Waals surface area contributed by atoms with Gasteiger partial charge in [0.25, 0.3) is 0 Å². The molecule has 1 aliphatic carbocycles. The molecule has 1 saturated heterocycles. The Kier molecular flexibility index (Phi) is 3.89. The van der Waals surface area contributed by atoms with Crippen molar-refractivity contribution >= 4 is 5.91 Å². The molecule has 120 valence electrons. The number of hydrogen-bond donors (Lipinski definition) is 1. The van der Waals surface area contributed by atoms with E-state index in [1.807, 2.05) is 0 Å². The summed E-state index contributed by atoms with van der Waals surface area (Å²) in [4.78, 5) is 14.1. The van der Waals surface area contributed by atoms with Gasteiger partial charge in [0.15, 0.2) is 0 Å². The van der Waals surface area contributed by atoms with Crippen LogP contribution in [0.5, 0.6) is 0 Å². The Morgan fingerprint density at radius 1 is 1.14 bits per heavy atom. The van der Waals surface area contributed by atoms with E-state index in [9.17, 15) is 23.1 Å². The van der Waals surface area contributed by atoms with Gasteiger partial charge >= 0.3 is 6.18 Å². The predicted octanol–water partition coefficient (Wildman–Crippen LogP) is 2.79. The second-order valence-corrected chi connectivity index (χ2v) is 6.12. The minimum Gasteiger partial charge on any atom is -0.393 e. The first kappa shape index (κ1) is 15.3. The summed E-state index contributed by atoms with van der Waals surface area (Å²) in [6.07, 6.45) is -2.75. The number of carbonyl (C=O) groups excluding carboxylic acids is 1. The van der Waals surface area contributed by atoms with Gasteiger partial charge < -0.3 is 10.0 Å². The highest BCUT2D eigenvalue weighted by atomic mass is 19.4. The van der Waals surface area contributed by atoms with Crippen LogP contribution >= 0.6 is 0 Å². The number of aliphatic hydroxyl groups excluding tert-OH is 1. The van der Waals surface area contributed by atoms with Gasteiger partial charge in [-0.25, -0.2) is 0 Å². The van der Waals surface area contributed by atoms with Gasteiger partial charge in [0.1, 0.15) is 0 Å². The highest BCUT2D eigenvalue weighted by molar-refractivity contribution is 5.83. The van der Waals surface area contributed by atoms with Crippen LogP contribution in [0.25, 0.3) is 0 Å². The quantitative estimate of drug-likeness (QED) is 0.912. The Morgan fingerprint density at radius 2 is 1.73 bits per heavy atom. The SMILES string of the molecule is O=C(C1CC1c1ccc(C(F)(F)F)cc1)N1CCC(O)CC1. The molecule has 22 heavy (non-hydrogen) atoms. The summed E-state index contributed by atoms with van der Waals surface area (Å²) in [5.74, 6) is -0.0228. The van der Waals surface area contributed by atoms with Crippen molar-refractivity contribution < 1.29 is 23.1 Å². The van der Waals surface area contributed by atoms with Crippen LogP contribution in [0.3, 0.4) is 0 Å². The minimum atomic E-state index is -4.33. The predicted molar refractivity (Wildman–Crippen MR) is 74.1 cm³/mol. The van der Waals surface area contributed by atoms with Crippen molar-refractivity contribution in [3.63, 3.8) is 0 Å². The van der Waals surface area contributed by atoms with Crippen molar-refractivity contribution in [2.45, 2.75) is 37.5 Å². The fourth-order valence-electron chi connectivity index (χ4n) is 3.08. The van der Waals surface area contributed by atoms with Crippen LogP contribution in [0, 0.1) is 5.92 Å². The van der Waals surface area contributed by atoms with Crippen molar-refractivity contribution in [3.8, 4) is 0 Å². The topological polar surface area (TPSA) is 40.5 Å². The van der Waals surface area contributed by atoms with Crippen molar-refractivity contribution in [1.82, 2.24) is 4.90 Å². The first-order valence-electron chi connectivity index (χ1n) is 7.50. The third-order valence-electron chi connectivity index (χ3n) is 4.55. The molecule has 2 unspecified atom stereocenters. The van der Waals surface area contributed by atoms with E-state index in [-0.39, 0.29) is 23.8 Å². The van der Waals surface area contributed by atoms with E-state index in [4.69, 9.17) is 0 Å². The average molecular weight is 313 g/mol. The molecule has 3 rings (SSSR count). The molecule has 1 aliphatic heterocycles. The second kappa shape index (κ2) is 5.57. The molecule has 1 aromatic carbocycles. The molecular weight excluding hydrogens is 295 g/mol. The maximum absolute atomic E-state index is 12.5. The standard InChI is InChI=1S/C16H18F3NO2/c17-16(18,19)11-3-1-10(2-4-11)13-9-14(13)15(22)20-7-5-12(21)6-8-20/h1-4,12-14,21H,5-9H2. The highest BCUT2D eigenvalue weighted by Gasteiger charge is 2.46. The number of hydrogen-bond acceptors (Lipinski definition) is 2. The second-order valence-electron chi connectivity index (χ2n) is 6.12. The monoisotopic (exact) mass is 313 g/mol. The van der Waals surface area contributed by atoms with Crippen LogP contribution in [-0.4, -0.2) is 35.1 Å². The van der Waals surface area contributed by atoms with Gasteiger partial charge in [-0.2, -0.15) is 13.2 Å². The summed E-state index contributed by atoms with van der Waals surface area (Å²) < 4.78 is 37.6. The Labute approximate surface area is 126 Å². The molecule has 1 saturated carbocycles. The molecule has 1 heterocycles. The molecule has 2 fully saturated rings. The average Bonchev–Trinajstić information content (AvgIpc) is 3.27. The first-order valence-corrected chi connectivity index (χ1v) is 7.50. The summed E-state index contributed by atoms with van der Waals surface area (Å²) in [5.41, 5.74) is 0.133. The number of amides is 1. The van der Waals surface area contributed by atoms with Crippen LogP contribution < -0.4 is 0 Å². The van der Waals surface area contributed by atoms with Crippen molar-refractivity contribution in [1.29, 1.82) is 0 Å². The van der Waals surface area contributed by atoms with Crippen LogP contribution in [0.1, 0.15) is 36.3 Å². The van der Waals surface area contributed by atoms with Gasteiger partial charge in [-0.1, -0.05) is 12.1 Å². The molecule has 0 spiro atoms. The van der Waals surface area contributed by atoms with Crippen molar-refractivity contribution in [2.24, 2.45) is 5.92 Å². The summed E-state index contributed by atoms with van der Waals surface area (Å²) >= 11 is 0. The molecule has 6 heteroatoms. The minimum absolute atomic E-state index is 0.0293. The van der Waals surface area contributed by atoms with Gasteiger partial charge in [0.2, 0.25) is 5.91 Å². The molecule has 2 aliphatic rings. The largest absolute Gasteiger partial charge is 0.416 e. The van der Waals surface area contributed by atoms with Crippen molar-refractivity contribution in [2.75, 3.05) is 13.1 Å². The molecule has 0 bridgehead atoms. The Bertz CT molecular complexity index is 548. The lowest BCUT2D eigenvalue weighted by Gasteiger charge is -2.29. The zero-order valence-electron chi connectivity index (χ0n) is 12.0. The lowest BCUT2D eigenvalue weighted by molar-refractivity contribution is -0.137.